The fourth-order valence-electron chi connectivity index (χ4n) is 3.82. The Balaban J connectivity index is 1.71. The third kappa shape index (κ3) is 2.50. The summed E-state index contributed by atoms with van der Waals surface area (Å²) in [7, 11) is 4.10. The van der Waals surface area contributed by atoms with Crippen LogP contribution in [0.25, 0.3) is 0 Å². The smallest absolute Gasteiger partial charge is 0.226 e. The van der Waals surface area contributed by atoms with Crippen molar-refractivity contribution >= 4 is 11.6 Å². The molecule has 0 bridgehead atoms. The van der Waals surface area contributed by atoms with Gasteiger partial charge in [-0.15, -0.1) is 0 Å². The lowest BCUT2D eigenvalue weighted by Crippen LogP contribution is -2.46. The van der Waals surface area contributed by atoms with Crippen LogP contribution < -0.4 is 4.90 Å². The van der Waals surface area contributed by atoms with E-state index in [0.717, 1.165) is 25.9 Å². The Hall–Kier alpha value is -2.23. The first-order valence-corrected chi connectivity index (χ1v) is 8.88. The number of carbonyl (C=O) groups excluding carboxylic acids is 1. The molecule has 0 saturated heterocycles. The summed E-state index contributed by atoms with van der Waals surface area (Å²) in [6, 6.07) is 12.9. The van der Waals surface area contributed by atoms with E-state index in [2.05, 4.69) is 57.0 Å². The van der Waals surface area contributed by atoms with Crippen LogP contribution >= 0.6 is 0 Å². The minimum atomic E-state index is 0.0399. The van der Waals surface area contributed by atoms with E-state index in [4.69, 9.17) is 0 Å². The lowest BCUT2D eigenvalue weighted by Gasteiger charge is -2.41. The van der Waals surface area contributed by atoms with E-state index in [1.54, 1.807) is 0 Å². The Morgan fingerprint density at radius 1 is 1.08 bits per heavy atom. The van der Waals surface area contributed by atoms with E-state index < -0.39 is 0 Å². The summed E-state index contributed by atoms with van der Waals surface area (Å²) in [6.07, 6.45) is 5.44. The normalized spacial score (nSPS) is 20.4. The molecule has 24 heavy (non-hydrogen) atoms. The van der Waals surface area contributed by atoms with Crippen molar-refractivity contribution in [2.24, 2.45) is 5.92 Å². The van der Waals surface area contributed by atoms with Crippen molar-refractivity contribution < 1.29 is 4.79 Å². The molecule has 1 unspecified atom stereocenters. The number of carbonyl (C=O) groups is 1. The molecule has 4 rings (SSSR count). The van der Waals surface area contributed by atoms with Gasteiger partial charge in [0.25, 0.3) is 0 Å². The fraction of sp³-hybridized carbons (Fsp3) is 0.450. The quantitative estimate of drug-likeness (QED) is 0.867. The molecule has 1 aromatic heterocycles. The van der Waals surface area contributed by atoms with E-state index >= 15 is 0 Å². The molecule has 1 aliphatic carbocycles. The van der Waals surface area contributed by atoms with Crippen molar-refractivity contribution in [3.05, 3.63) is 53.9 Å². The SMILES string of the molecule is CN(C)c1ccc(C2c3cccn3CCN2C(=O)C2CCC2)cc1. The number of rotatable bonds is 3. The Kier molecular flexibility index (Phi) is 3.83. The highest BCUT2D eigenvalue weighted by Gasteiger charge is 2.37. The van der Waals surface area contributed by atoms with Gasteiger partial charge in [-0.1, -0.05) is 18.6 Å². The Bertz CT molecular complexity index is 728. The zero-order valence-corrected chi connectivity index (χ0v) is 14.5. The standard InChI is InChI=1S/C20H25N3O/c1-21(2)17-10-8-15(9-11-17)19-18-7-4-12-22(18)13-14-23(19)20(24)16-5-3-6-16/h4,7-12,16,19H,3,5-6,13-14H2,1-2H3. The molecule has 1 saturated carbocycles. The van der Waals surface area contributed by atoms with Crippen LogP contribution in [0.2, 0.25) is 0 Å². The minimum Gasteiger partial charge on any atom is -0.378 e. The molecule has 1 atom stereocenters. The Morgan fingerprint density at radius 3 is 2.46 bits per heavy atom. The van der Waals surface area contributed by atoms with Crippen molar-refractivity contribution in [1.29, 1.82) is 0 Å². The second kappa shape index (κ2) is 6.00. The average Bonchev–Trinajstić information content (AvgIpc) is 3.00. The van der Waals surface area contributed by atoms with Gasteiger partial charge in [0.2, 0.25) is 5.91 Å². The molecule has 1 amide bonds. The molecule has 0 N–H and O–H groups in total. The number of aromatic nitrogens is 1. The number of amides is 1. The number of nitrogens with zero attached hydrogens (tertiary/aromatic N) is 3. The first-order chi connectivity index (χ1) is 11.6. The fourth-order valence-corrected chi connectivity index (χ4v) is 3.82. The second-order valence-corrected chi connectivity index (χ2v) is 7.17. The molecular formula is C20H25N3O. The van der Waals surface area contributed by atoms with E-state index in [-0.39, 0.29) is 12.0 Å². The van der Waals surface area contributed by atoms with Gasteiger partial charge in [-0.25, -0.2) is 0 Å². The summed E-state index contributed by atoms with van der Waals surface area (Å²) in [6.45, 7) is 1.70. The highest BCUT2D eigenvalue weighted by Crippen LogP contribution is 2.37. The zero-order chi connectivity index (χ0) is 16.7. The van der Waals surface area contributed by atoms with E-state index in [1.807, 2.05) is 14.1 Å². The summed E-state index contributed by atoms with van der Waals surface area (Å²) < 4.78 is 2.29. The average molecular weight is 323 g/mol. The van der Waals surface area contributed by atoms with Gasteiger partial charge in [0.15, 0.2) is 0 Å². The van der Waals surface area contributed by atoms with Gasteiger partial charge in [0, 0.05) is 50.7 Å². The second-order valence-electron chi connectivity index (χ2n) is 7.17. The van der Waals surface area contributed by atoms with Crippen LogP contribution in [-0.4, -0.2) is 36.0 Å². The summed E-state index contributed by atoms with van der Waals surface area (Å²) in [5, 5.41) is 0. The van der Waals surface area contributed by atoms with Crippen LogP contribution in [-0.2, 0) is 11.3 Å². The van der Waals surface area contributed by atoms with Crippen molar-refractivity contribution in [1.82, 2.24) is 9.47 Å². The topological polar surface area (TPSA) is 28.5 Å². The number of hydrogen-bond acceptors (Lipinski definition) is 2. The summed E-state index contributed by atoms with van der Waals surface area (Å²) in [4.78, 5) is 17.2. The first kappa shape index (κ1) is 15.3. The van der Waals surface area contributed by atoms with Crippen LogP contribution in [0.5, 0.6) is 0 Å². The summed E-state index contributed by atoms with van der Waals surface area (Å²) in [5.41, 5.74) is 3.61. The van der Waals surface area contributed by atoms with Gasteiger partial charge >= 0.3 is 0 Å². The lowest BCUT2D eigenvalue weighted by atomic mass is 9.83. The maximum absolute atomic E-state index is 13.0. The van der Waals surface area contributed by atoms with E-state index in [9.17, 15) is 4.79 Å². The van der Waals surface area contributed by atoms with E-state index in [0.29, 0.717) is 5.91 Å². The van der Waals surface area contributed by atoms with Crippen molar-refractivity contribution in [2.75, 3.05) is 25.5 Å². The third-order valence-corrected chi connectivity index (χ3v) is 5.50. The molecule has 1 aromatic carbocycles. The zero-order valence-electron chi connectivity index (χ0n) is 14.5. The van der Waals surface area contributed by atoms with Gasteiger partial charge in [-0.05, 0) is 42.7 Å². The maximum Gasteiger partial charge on any atom is 0.226 e. The van der Waals surface area contributed by atoms with Crippen molar-refractivity contribution in [3.63, 3.8) is 0 Å². The van der Waals surface area contributed by atoms with Crippen molar-refractivity contribution in [2.45, 2.75) is 31.8 Å². The molecule has 2 aromatic rings. The largest absolute Gasteiger partial charge is 0.378 e. The first-order valence-electron chi connectivity index (χ1n) is 8.88. The molecular weight excluding hydrogens is 298 g/mol. The lowest BCUT2D eigenvalue weighted by molar-refractivity contribution is -0.141. The molecule has 2 heterocycles. The van der Waals surface area contributed by atoms with Gasteiger partial charge in [-0.2, -0.15) is 0 Å². The third-order valence-electron chi connectivity index (χ3n) is 5.50. The van der Waals surface area contributed by atoms with Gasteiger partial charge < -0.3 is 14.4 Å². The number of fused-ring (bicyclic) bond motifs is 1. The molecule has 0 spiro atoms. The monoisotopic (exact) mass is 323 g/mol. The predicted molar refractivity (Wildman–Crippen MR) is 96.1 cm³/mol. The number of benzene rings is 1. The van der Waals surface area contributed by atoms with Gasteiger partial charge in [0.05, 0.1) is 6.04 Å². The van der Waals surface area contributed by atoms with Crippen LogP contribution in [0.3, 0.4) is 0 Å². The van der Waals surface area contributed by atoms with Gasteiger partial charge in [0.1, 0.15) is 0 Å². The van der Waals surface area contributed by atoms with E-state index in [1.165, 1.54) is 23.4 Å². The predicted octanol–water partition coefficient (Wildman–Crippen LogP) is 3.29. The molecule has 4 heteroatoms. The molecule has 1 aliphatic heterocycles. The minimum absolute atomic E-state index is 0.0399. The summed E-state index contributed by atoms with van der Waals surface area (Å²) in [5.74, 6) is 0.588. The van der Waals surface area contributed by atoms with Crippen LogP contribution in [0.15, 0.2) is 42.6 Å². The Morgan fingerprint density at radius 2 is 1.83 bits per heavy atom. The highest BCUT2D eigenvalue weighted by molar-refractivity contribution is 5.80. The molecule has 126 valence electrons. The van der Waals surface area contributed by atoms with Crippen LogP contribution in [0.1, 0.15) is 36.6 Å². The molecule has 4 nitrogen and oxygen atoms in total. The Labute approximate surface area is 143 Å². The van der Waals surface area contributed by atoms with Crippen LogP contribution in [0.4, 0.5) is 5.69 Å². The number of anilines is 1. The van der Waals surface area contributed by atoms with Gasteiger partial charge in [-0.3, -0.25) is 4.79 Å². The van der Waals surface area contributed by atoms with Crippen molar-refractivity contribution in [3.8, 4) is 0 Å². The molecule has 2 aliphatic rings. The molecule has 0 radical (unpaired) electrons. The maximum atomic E-state index is 13.0. The highest BCUT2D eigenvalue weighted by atomic mass is 16.2. The number of hydrogen-bond donors (Lipinski definition) is 0. The van der Waals surface area contributed by atoms with Crippen LogP contribution in [0, 0.1) is 5.92 Å². The summed E-state index contributed by atoms with van der Waals surface area (Å²) >= 11 is 0. The molecule has 1 fully saturated rings.